The molecular formula is C10H12FNO. The molecule has 0 fully saturated rings. The van der Waals surface area contributed by atoms with Crippen LogP contribution >= 0.6 is 0 Å². The van der Waals surface area contributed by atoms with Crippen LogP contribution in [-0.4, -0.2) is 10.8 Å². The van der Waals surface area contributed by atoms with Crippen molar-refractivity contribution in [1.82, 2.24) is 4.98 Å². The molecule has 0 bridgehead atoms. The molecule has 1 aromatic heterocycles. The van der Waals surface area contributed by atoms with Crippen LogP contribution in [0.25, 0.3) is 0 Å². The van der Waals surface area contributed by atoms with E-state index in [4.69, 9.17) is 0 Å². The van der Waals surface area contributed by atoms with Gasteiger partial charge in [-0.1, -0.05) is 13.8 Å². The molecule has 0 N–H and O–H groups in total. The molecule has 0 aliphatic carbocycles. The van der Waals surface area contributed by atoms with Crippen molar-refractivity contribution in [3.63, 3.8) is 0 Å². The van der Waals surface area contributed by atoms with Crippen LogP contribution in [0.15, 0.2) is 18.3 Å². The predicted molar refractivity (Wildman–Crippen MR) is 48.0 cm³/mol. The van der Waals surface area contributed by atoms with Crippen LogP contribution in [0.1, 0.15) is 30.6 Å². The highest BCUT2D eigenvalue weighted by atomic mass is 19.1. The van der Waals surface area contributed by atoms with Crippen LogP contribution in [0.4, 0.5) is 4.39 Å². The van der Waals surface area contributed by atoms with Crippen molar-refractivity contribution >= 4 is 5.78 Å². The van der Waals surface area contributed by atoms with E-state index in [1.54, 1.807) is 0 Å². The number of pyridine rings is 1. The van der Waals surface area contributed by atoms with Crippen LogP contribution in [0, 0.1) is 11.9 Å². The van der Waals surface area contributed by atoms with Gasteiger partial charge in [0.05, 0.1) is 0 Å². The fourth-order valence-electron chi connectivity index (χ4n) is 1.03. The van der Waals surface area contributed by atoms with Gasteiger partial charge in [0.1, 0.15) is 0 Å². The van der Waals surface area contributed by atoms with Crippen LogP contribution in [0.5, 0.6) is 0 Å². The van der Waals surface area contributed by atoms with E-state index in [1.807, 2.05) is 13.8 Å². The first-order valence-corrected chi connectivity index (χ1v) is 4.31. The van der Waals surface area contributed by atoms with Gasteiger partial charge in [-0.2, -0.15) is 4.39 Å². The van der Waals surface area contributed by atoms with E-state index in [1.165, 1.54) is 18.3 Å². The monoisotopic (exact) mass is 181 g/mol. The summed E-state index contributed by atoms with van der Waals surface area (Å²) in [5, 5.41) is 0. The maximum absolute atomic E-state index is 12.6. The number of Topliss-reactive ketones (excluding diaryl/α,β-unsaturated/α-hetero) is 1. The molecule has 13 heavy (non-hydrogen) atoms. The molecule has 0 saturated heterocycles. The summed E-state index contributed by atoms with van der Waals surface area (Å²) >= 11 is 0. The van der Waals surface area contributed by atoms with E-state index < -0.39 is 5.95 Å². The number of hydrogen-bond acceptors (Lipinski definition) is 2. The van der Waals surface area contributed by atoms with Crippen molar-refractivity contribution < 1.29 is 9.18 Å². The zero-order valence-electron chi connectivity index (χ0n) is 7.75. The number of rotatable bonds is 3. The second kappa shape index (κ2) is 4.12. The highest BCUT2D eigenvalue weighted by Gasteiger charge is 2.13. The minimum absolute atomic E-state index is 0.0243. The zero-order valence-corrected chi connectivity index (χ0v) is 7.75. The number of aromatic nitrogens is 1. The first-order chi connectivity index (χ1) is 6.15. The Labute approximate surface area is 76.8 Å². The average molecular weight is 181 g/mol. The Kier molecular flexibility index (Phi) is 3.12. The molecule has 0 saturated carbocycles. The first kappa shape index (κ1) is 9.84. The van der Waals surface area contributed by atoms with E-state index in [9.17, 15) is 9.18 Å². The fraction of sp³-hybridized carbons (Fsp3) is 0.400. The summed E-state index contributed by atoms with van der Waals surface area (Å²) < 4.78 is 12.6. The molecule has 2 nitrogen and oxygen atoms in total. The topological polar surface area (TPSA) is 30.0 Å². The maximum atomic E-state index is 12.6. The predicted octanol–water partition coefficient (Wildman–Crippen LogP) is 2.45. The fourth-order valence-corrected chi connectivity index (χ4v) is 1.03. The third-order valence-corrected chi connectivity index (χ3v) is 2.07. The Balaban J connectivity index is 2.89. The van der Waals surface area contributed by atoms with Gasteiger partial charge < -0.3 is 0 Å². The van der Waals surface area contributed by atoms with Crippen molar-refractivity contribution in [3.8, 4) is 0 Å². The lowest BCUT2D eigenvalue weighted by molar-refractivity contribution is 0.0926. The van der Waals surface area contributed by atoms with Gasteiger partial charge in [-0.25, -0.2) is 4.98 Å². The molecule has 1 rings (SSSR count). The molecule has 0 aliphatic rings. The number of nitrogens with zero attached hydrogens (tertiary/aromatic N) is 1. The molecule has 1 atom stereocenters. The van der Waals surface area contributed by atoms with Gasteiger partial charge in [-0.05, 0) is 12.5 Å². The second-order valence-corrected chi connectivity index (χ2v) is 3.04. The van der Waals surface area contributed by atoms with Crippen LogP contribution in [0.2, 0.25) is 0 Å². The van der Waals surface area contributed by atoms with E-state index in [-0.39, 0.29) is 11.7 Å². The molecule has 0 aromatic carbocycles. The summed E-state index contributed by atoms with van der Waals surface area (Å²) in [5.74, 6) is -0.681. The Morgan fingerprint density at radius 3 is 2.92 bits per heavy atom. The summed E-state index contributed by atoms with van der Waals surface area (Å²) in [6.07, 6.45) is 2.08. The Morgan fingerprint density at radius 2 is 2.38 bits per heavy atom. The molecule has 1 unspecified atom stereocenters. The van der Waals surface area contributed by atoms with Crippen LogP contribution in [-0.2, 0) is 0 Å². The van der Waals surface area contributed by atoms with Crippen molar-refractivity contribution in [2.24, 2.45) is 5.92 Å². The highest BCUT2D eigenvalue weighted by molar-refractivity contribution is 5.97. The van der Waals surface area contributed by atoms with Gasteiger partial charge in [0.15, 0.2) is 5.78 Å². The van der Waals surface area contributed by atoms with Gasteiger partial charge in [-0.15, -0.1) is 0 Å². The summed E-state index contributed by atoms with van der Waals surface area (Å²) in [6, 6.07) is 2.71. The summed E-state index contributed by atoms with van der Waals surface area (Å²) in [4.78, 5) is 14.9. The minimum atomic E-state index is -0.603. The van der Waals surface area contributed by atoms with Gasteiger partial charge >= 0.3 is 0 Å². The van der Waals surface area contributed by atoms with E-state index in [0.29, 0.717) is 5.56 Å². The third kappa shape index (κ3) is 2.34. The lowest BCUT2D eigenvalue weighted by Crippen LogP contribution is -2.10. The van der Waals surface area contributed by atoms with E-state index >= 15 is 0 Å². The van der Waals surface area contributed by atoms with Gasteiger partial charge in [0.25, 0.3) is 0 Å². The normalized spacial score (nSPS) is 12.5. The number of hydrogen-bond donors (Lipinski definition) is 0. The molecule has 1 heterocycles. The first-order valence-electron chi connectivity index (χ1n) is 4.31. The number of halogens is 1. The molecule has 0 spiro atoms. The van der Waals surface area contributed by atoms with Crippen molar-refractivity contribution in [3.05, 3.63) is 29.8 Å². The zero-order chi connectivity index (χ0) is 9.84. The molecule has 0 aliphatic heterocycles. The van der Waals surface area contributed by atoms with Crippen molar-refractivity contribution in [1.29, 1.82) is 0 Å². The smallest absolute Gasteiger partial charge is 0.213 e. The third-order valence-electron chi connectivity index (χ3n) is 2.07. The van der Waals surface area contributed by atoms with Gasteiger partial charge in [0.2, 0.25) is 5.95 Å². The Bertz CT molecular complexity index is 312. The largest absolute Gasteiger partial charge is 0.294 e. The molecule has 0 amide bonds. The van der Waals surface area contributed by atoms with Crippen LogP contribution in [0.3, 0.4) is 0 Å². The van der Waals surface area contributed by atoms with Crippen LogP contribution < -0.4 is 0 Å². The Morgan fingerprint density at radius 1 is 1.69 bits per heavy atom. The maximum Gasteiger partial charge on any atom is 0.213 e. The SMILES string of the molecule is CCC(C)C(=O)c1ccnc(F)c1. The lowest BCUT2D eigenvalue weighted by atomic mass is 9.98. The second-order valence-electron chi connectivity index (χ2n) is 3.04. The van der Waals surface area contributed by atoms with Crippen molar-refractivity contribution in [2.45, 2.75) is 20.3 Å². The van der Waals surface area contributed by atoms with Gasteiger partial charge in [0, 0.05) is 23.7 Å². The summed E-state index contributed by atoms with van der Waals surface area (Å²) in [7, 11) is 0. The molecular weight excluding hydrogens is 169 g/mol. The van der Waals surface area contributed by atoms with Gasteiger partial charge in [-0.3, -0.25) is 4.79 Å². The summed E-state index contributed by atoms with van der Waals surface area (Å²) in [5.41, 5.74) is 0.404. The quantitative estimate of drug-likeness (QED) is 0.529. The molecule has 3 heteroatoms. The lowest BCUT2D eigenvalue weighted by Gasteiger charge is -2.06. The summed E-state index contributed by atoms with van der Waals surface area (Å²) in [6.45, 7) is 3.76. The average Bonchev–Trinajstić information content (AvgIpc) is 2.15. The number of carbonyl (C=O) groups is 1. The molecule has 1 aromatic rings. The van der Waals surface area contributed by atoms with E-state index in [2.05, 4.69) is 4.98 Å². The highest BCUT2D eigenvalue weighted by Crippen LogP contribution is 2.11. The molecule has 0 radical (unpaired) electrons. The molecule has 70 valence electrons. The van der Waals surface area contributed by atoms with Crippen molar-refractivity contribution in [2.75, 3.05) is 0 Å². The van der Waals surface area contributed by atoms with E-state index in [0.717, 1.165) is 6.42 Å². The number of ketones is 1. The Hall–Kier alpha value is -1.25. The minimum Gasteiger partial charge on any atom is -0.294 e. The number of carbonyl (C=O) groups excluding carboxylic acids is 1. The standard InChI is InChI=1S/C10H12FNO/c1-3-7(2)10(13)8-4-5-12-9(11)6-8/h4-7H,3H2,1-2H3.